The van der Waals surface area contributed by atoms with E-state index in [1.165, 1.54) is 6.08 Å². The molecule has 1 aliphatic rings. The number of benzene rings is 3. The molecule has 0 unspecified atom stereocenters. The van der Waals surface area contributed by atoms with E-state index >= 15 is 0 Å². The van der Waals surface area contributed by atoms with Gasteiger partial charge in [0.05, 0.1) is 16.5 Å². The van der Waals surface area contributed by atoms with Crippen LogP contribution in [0.3, 0.4) is 0 Å². The molecule has 4 rings (SSSR count). The highest BCUT2D eigenvalue weighted by Crippen LogP contribution is 2.26. The van der Waals surface area contributed by atoms with Crippen LogP contribution in [0.15, 0.2) is 73.3 Å². The summed E-state index contributed by atoms with van der Waals surface area (Å²) in [6, 6.07) is 17.8. The summed E-state index contributed by atoms with van der Waals surface area (Å²) in [6.45, 7) is 5.37. The number of amides is 4. The standard InChI is InChI=1S/C32H34Cl2N4O4/c1-2-28(39)35-16-6-5-15-27(36-29(40)21-23-11-8-14-26(33)30(23)34)32(42)38-19-17-37(18-20-38)31(41)25-13-7-10-22-9-3-4-12-24(22)25/h2-4,7-14,27H,1,5-6,15-21H2,(H,35,39)(H,36,40)/t27-/m0/s1. The second kappa shape index (κ2) is 14.8. The number of nitrogens with zero attached hydrogens (tertiary/aromatic N) is 2. The first kappa shape index (κ1) is 31.1. The zero-order valence-corrected chi connectivity index (χ0v) is 24.8. The molecular formula is C32H34Cl2N4O4. The predicted octanol–water partition coefficient (Wildman–Crippen LogP) is 4.63. The van der Waals surface area contributed by atoms with Gasteiger partial charge in [-0.3, -0.25) is 19.2 Å². The Morgan fingerprint density at radius 3 is 2.33 bits per heavy atom. The van der Waals surface area contributed by atoms with Crippen molar-refractivity contribution < 1.29 is 19.2 Å². The highest BCUT2D eigenvalue weighted by atomic mass is 35.5. The Hall–Kier alpha value is -3.88. The summed E-state index contributed by atoms with van der Waals surface area (Å²) in [5.74, 6) is -0.871. The Labute approximate surface area is 255 Å². The van der Waals surface area contributed by atoms with Crippen LogP contribution in [0.1, 0.15) is 35.2 Å². The Morgan fingerprint density at radius 2 is 1.57 bits per heavy atom. The van der Waals surface area contributed by atoms with Gasteiger partial charge in [0.2, 0.25) is 17.7 Å². The lowest BCUT2D eigenvalue weighted by Crippen LogP contribution is -2.56. The quantitative estimate of drug-likeness (QED) is 0.245. The molecule has 42 heavy (non-hydrogen) atoms. The monoisotopic (exact) mass is 608 g/mol. The summed E-state index contributed by atoms with van der Waals surface area (Å²) in [4.78, 5) is 54.9. The van der Waals surface area contributed by atoms with Crippen LogP contribution in [0.5, 0.6) is 0 Å². The van der Waals surface area contributed by atoms with Crippen LogP contribution < -0.4 is 10.6 Å². The summed E-state index contributed by atoms with van der Waals surface area (Å²) < 4.78 is 0. The molecule has 1 aliphatic heterocycles. The molecule has 2 N–H and O–H groups in total. The van der Waals surface area contributed by atoms with Gasteiger partial charge in [-0.2, -0.15) is 0 Å². The molecular weight excluding hydrogens is 575 g/mol. The zero-order chi connectivity index (χ0) is 30.1. The van der Waals surface area contributed by atoms with Gasteiger partial charge in [0, 0.05) is 38.3 Å². The van der Waals surface area contributed by atoms with Crippen molar-refractivity contribution in [2.75, 3.05) is 32.7 Å². The molecule has 3 aromatic rings. The lowest BCUT2D eigenvalue weighted by Gasteiger charge is -2.36. The molecule has 4 amide bonds. The summed E-state index contributed by atoms with van der Waals surface area (Å²) in [5, 5.41) is 8.16. The number of nitrogens with one attached hydrogen (secondary N) is 2. The first-order valence-corrected chi connectivity index (χ1v) is 14.7. The fraction of sp³-hybridized carbons (Fsp3) is 0.312. The minimum Gasteiger partial charge on any atom is -0.353 e. The number of unbranched alkanes of at least 4 members (excludes halogenated alkanes) is 1. The molecule has 0 aromatic heterocycles. The van der Waals surface area contributed by atoms with E-state index in [2.05, 4.69) is 17.2 Å². The second-order valence-corrected chi connectivity index (χ2v) is 10.9. The molecule has 10 heteroatoms. The largest absolute Gasteiger partial charge is 0.353 e. The average molecular weight is 610 g/mol. The summed E-state index contributed by atoms with van der Waals surface area (Å²) in [7, 11) is 0. The predicted molar refractivity (Wildman–Crippen MR) is 166 cm³/mol. The fourth-order valence-corrected chi connectivity index (χ4v) is 5.44. The van der Waals surface area contributed by atoms with Gasteiger partial charge in [-0.1, -0.05) is 78.3 Å². The van der Waals surface area contributed by atoms with Crippen molar-refractivity contribution in [3.8, 4) is 0 Å². The van der Waals surface area contributed by atoms with E-state index in [1.54, 1.807) is 28.0 Å². The first-order valence-electron chi connectivity index (χ1n) is 14.0. The number of carbonyl (C=O) groups excluding carboxylic acids is 4. The molecule has 8 nitrogen and oxygen atoms in total. The maximum atomic E-state index is 13.6. The molecule has 220 valence electrons. The molecule has 0 aliphatic carbocycles. The van der Waals surface area contributed by atoms with E-state index in [-0.39, 0.29) is 30.0 Å². The number of fused-ring (bicyclic) bond motifs is 1. The number of piperazine rings is 1. The second-order valence-electron chi connectivity index (χ2n) is 10.1. The fourth-order valence-electron chi connectivity index (χ4n) is 5.05. The van der Waals surface area contributed by atoms with Gasteiger partial charge in [-0.25, -0.2) is 0 Å². The molecule has 3 aromatic carbocycles. The third-order valence-electron chi connectivity index (χ3n) is 7.32. The molecule has 1 fully saturated rings. The van der Waals surface area contributed by atoms with Crippen LogP contribution in [0, 0.1) is 0 Å². The minimum atomic E-state index is -0.758. The van der Waals surface area contributed by atoms with Crippen LogP contribution in [-0.4, -0.2) is 72.2 Å². The lowest BCUT2D eigenvalue weighted by atomic mass is 10.0. The number of hydrogen-bond acceptors (Lipinski definition) is 4. The van der Waals surface area contributed by atoms with Gasteiger partial charge < -0.3 is 20.4 Å². The summed E-state index contributed by atoms with van der Waals surface area (Å²) >= 11 is 12.4. The van der Waals surface area contributed by atoms with E-state index in [4.69, 9.17) is 23.2 Å². The molecule has 0 spiro atoms. The van der Waals surface area contributed by atoms with Gasteiger partial charge in [0.25, 0.3) is 5.91 Å². The van der Waals surface area contributed by atoms with Crippen LogP contribution in [0.4, 0.5) is 0 Å². The molecule has 1 heterocycles. The van der Waals surface area contributed by atoms with E-state index < -0.39 is 6.04 Å². The average Bonchev–Trinajstić information content (AvgIpc) is 3.01. The Kier molecular flexibility index (Phi) is 11.0. The van der Waals surface area contributed by atoms with Crippen molar-refractivity contribution in [2.45, 2.75) is 31.7 Å². The van der Waals surface area contributed by atoms with Crippen molar-refractivity contribution in [3.63, 3.8) is 0 Å². The smallest absolute Gasteiger partial charge is 0.254 e. The van der Waals surface area contributed by atoms with Crippen LogP contribution >= 0.6 is 23.2 Å². The SMILES string of the molecule is C=CC(=O)NCCCC[C@H](NC(=O)Cc1cccc(Cl)c1Cl)C(=O)N1CCN(C(=O)c2cccc3ccccc23)CC1. The molecule has 0 bridgehead atoms. The molecule has 1 saturated heterocycles. The van der Waals surface area contributed by atoms with Crippen molar-refractivity contribution in [2.24, 2.45) is 0 Å². The third kappa shape index (κ3) is 7.89. The maximum Gasteiger partial charge on any atom is 0.254 e. The number of hydrogen-bond donors (Lipinski definition) is 2. The van der Waals surface area contributed by atoms with E-state index in [1.807, 2.05) is 42.5 Å². The highest BCUT2D eigenvalue weighted by Gasteiger charge is 2.30. The Morgan fingerprint density at radius 1 is 0.881 bits per heavy atom. The van der Waals surface area contributed by atoms with Crippen molar-refractivity contribution >= 4 is 57.6 Å². The van der Waals surface area contributed by atoms with Gasteiger partial charge in [-0.15, -0.1) is 0 Å². The normalized spacial score (nSPS) is 13.9. The molecule has 1 atom stereocenters. The molecule has 0 radical (unpaired) electrons. The van der Waals surface area contributed by atoms with E-state index in [9.17, 15) is 19.2 Å². The topological polar surface area (TPSA) is 98.8 Å². The minimum absolute atomic E-state index is 0.0219. The Bertz CT molecular complexity index is 1460. The van der Waals surface area contributed by atoms with Gasteiger partial charge in [0.15, 0.2) is 0 Å². The van der Waals surface area contributed by atoms with E-state index in [0.717, 1.165) is 10.8 Å². The first-order chi connectivity index (χ1) is 20.3. The van der Waals surface area contributed by atoms with E-state index in [0.29, 0.717) is 73.2 Å². The molecule has 0 saturated carbocycles. The van der Waals surface area contributed by atoms with Crippen molar-refractivity contribution in [1.29, 1.82) is 0 Å². The number of rotatable bonds is 11. The summed E-state index contributed by atoms with van der Waals surface area (Å²) in [6.07, 6.45) is 2.81. The number of halogens is 2. The third-order valence-corrected chi connectivity index (χ3v) is 8.18. The van der Waals surface area contributed by atoms with Crippen LogP contribution in [0.2, 0.25) is 10.0 Å². The van der Waals surface area contributed by atoms with Gasteiger partial charge in [0.1, 0.15) is 6.04 Å². The number of carbonyl (C=O) groups is 4. The van der Waals surface area contributed by atoms with Crippen LogP contribution in [-0.2, 0) is 20.8 Å². The van der Waals surface area contributed by atoms with Crippen LogP contribution in [0.25, 0.3) is 10.8 Å². The Balaban J connectivity index is 1.39. The highest BCUT2D eigenvalue weighted by molar-refractivity contribution is 6.42. The zero-order valence-electron chi connectivity index (χ0n) is 23.3. The maximum absolute atomic E-state index is 13.6. The van der Waals surface area contributed by atoms with Gasteiger partial charge in [-0.05, 0) is 53.8 Å². The van der Waals surface area contributed by atoms with Gasteiger partial charge >= 0.3 is 0 Å². The summed E-state index contributed by atoms with van der Waals surface area (Å²) in [5.41, 5.74) is 1.21. The van der Waals surface area contributed by atoms with Crippen molar-refractivity contribution in [1.82, 2.24) is 20.4 Å². The lowest BCUT2D eigenvalue weighted by molar-refractivity contribution is -0.137. The van der Waals surface area contributed by atoms with Crippen molar-refractivity contribution in [3.05, 3.63) is 94.5 Å².